The van der Waals surface area contributed by atoms with Crippen molar-refractivity contribution in [3.63, 3.8) is 0 Å². The molecule has 0 spiro atoms. The van der Waals surface area contributed by atoms with Crippen LogP contribution >= 0.6 is 0 Å². The lowest BCUT2D eigenvalue weighted by atomic mass is 10.0. The van der Waals surface area contributed by atoms with Gasteiger partial charge in [-0.1, -0.05) is 269 Å². The number of allylic oxidation sites excluding steroid dienone is 24. The first-order valence-corrected chi connectivity index (χ1v) is 32.3. The Morgan fingerprint density at radius 3 is 0.810 bits per heavy atom. The minimum Gasteiger partial charge on any atom is -0.462 e. The van der Waals surface area contributed by atoms with Crippen molar-refractivity contribution in [2.75, 3.05) is 13.2 Å². The number of carbonyl (C=O) groups excluding carboxylic acids is 3. The van der Waals surface area contributed by atoms with Crippen LogP contribution in [-0.2, 0) is 28.6 Å². The van der Waals surface area contributed by atoms with Gasteiger partial charge in [-0.15, -0.1) is 0 Å². The Labute approximate surface area is 487 Å². The van der Waals surface area contributed by atoms with Crippen LogP contribution in [0.15, 0.2) is 146 Å². The van der Waals surface area contributed by atoms with Crippen molar-refractivity contribution < 1.29 is 28.6 Å². The summed E-state index contributed by atoms with van der Waals surface area (Å²) in [6, 6.07) is 0. The molecule has 1 atom stereocenters. The second-order valence-electron chi connectivity index (χ2n) is 20.9. The van der Waals surface area contributed by atoms with Gasteiger partial charge in [0, 0.05) is 19.3 Å². The van der Waals surface area contributed by atoms with Gasteiger partial charge in [-0.3, -0.25) is 14.4 Å². The average molecular weight is 1090 g/mol. The molecule has 1 unspecified atom stereocenters. The average Bonchev–Trinajstić information content (AvgIpc) is 3.45. The molecule has 0 rings (SSSR count). The van der Waals surface area contributed by atoms with E-state index in [1.165, 1.54) is 109 Å². The van der Waals surface area contributed by atoms with Gasteiger partial charge in [-0.05, 0) is 135 Å². The number of ether oxygens (including phenoxy) is 3. The molecule has 0 radical (unpaired) electrons. The predicted molar refractivity (Wildman–Crippen MR) is 343 cm³/mol. The Balaban J connectivity index is 4.42. The Morgan fingerprint density at radius 2 is 0.506 bits per heavy atom. The van der Waals surface area contributed by atoms with Crippen molar-refractivity contribution >= 4 is 17.9 Å². The maximum atomic E-state index is 12.9. The third-order valence-corrected chi connectivity index (χ3v) is 13.3. The van der Waals surface area contributed by atoms with Crippen molar-refractivity contribution in [2.24, 2.45) is 0 Å². The van der Waals surface area contributed by atoms with E-state index in [9.17, 15) is 14.4 Å². The number of unbranched alkanes of at least 4 members (excludes halogenated alkanes) is 22. The molecule has 446 valence electrons. The first kappa shape index (κ1) is 74.3. The zero-order valence-corrected chi connectivity index (χ0v) is 51.1. The van der Waals surface area contributed by atoms with Gasteiger partial charge >= 0.3 is 17.9 Å². The Kier molecular flexibility index (Phi) is 61.9. The number of hydrogen-bond acceptors (Lipinski definition) is 6. The van der Waals surface area contributed by atoms with Crippen molar-refractivity contribution in [3.05, 3.63) is 146 Å². The van der Waals surface area contributed by atoms with Crippen LogP contribution in [0.1, 0.15) is 278 Å². The molecule has 0 amide bonds. The van der Waals surface area contributed by atoms with Crippen molar-refractivity contribution in [1.82, 2.24) is 0 Å². The first-order chi connectivity index (χ1) is 39.0. The quantitative estimate of drug-likeness (QED) is 0.0261. The highest BCUT2D eigenvalue weighted by molar-refractivity contribution is 5.71. The van der Waals surface area contributed by atoms with Crippen LogP contribution in [0.5, 0.6) is 0 Å². The highest BCUT2D eigenvalue weighted by Gasteiger charge is 2.19. The maximum Gasteiger partial charge on any atom is 0.306 e. The summed E-state index contributed by atoms with van der Waals surface area (Å²) in [7, 11) is 0. The van der Waals surface area contributed by atoms with E-state index in [0.29, 0.717) is 19.3 Å². The number of carbonyl (C=O) groups is 3. The summed E-state index contributed by atoms with van der Waals surface area (Å²) in [5.41, 5.74) is 0. The van der Waals surface area contributed by atoms with E-state index in [0.717, 1.165) is 122 Å². The normalized spacial score (nSPS) is 13.1. The number of hydrogen-bond donors (Lipinski definition) is 0. The van der Waals surface area contributed by atoms with Crippen LogP contribution in [-0.4, -0.2) is 37.2 Å². The van der Waals surface area contributed by atoms with Gasteiger partial charge in [0.1, 0.15) is 13.2 Å². The highest BCUT2D eigenvalue weighted by atomic mass is 16.6. The molecular formula is C73H118O6. The van der Waals surface area contributed by atoms with Crippen LogP contribution in [0.4, 0.5) is 0 Å². The molecule has 0 fully saturated rings. The molecule has 0 aromatic carbocycles. The zero-order chi connectivity index (χ0) is 57.1. The van der Waals surface area contributed by atoms with Crippen LogP contribution in [0.3, 0.4) is 0 Å². The van der Waals surface area contributed by atoms with E-state index < -0.39 is 6.10 Å². The van der Waals surface area contributed by atoms with Crippen LogP contribution in [0.25, 0.3) is 0 Å². The van der Waals surface area contributed by atoms with Gasteiger partial charge in [0.05, 0.1) is 0 Å². The van der Waals surface area contributed by atoms with E-state index in [-0.39, 0.29) is 37.5 Å². The van der Waals surface area contributed by atoms with E-state index in [2.05, 4.69) is 167 Å². The van der Waals surface area contributed by atoms with Crippen molar-refractivity contribution in [2.45, 2.75) is 284 Å². The largest absolute Gasteiger partial charge is 0.462 e. The fraction of sp³-hybridized carbons (Fsp3) is 0.630. The first-order valence-electron chi connectivity index (χ1n) is 32.3. The van der Waals surface area contributed by atoms with E-state index in [4.69, 9.17) is 14.2 Å². The Hall–Kier alpha value is -4.71. The zero-order valence-electron chi connectivity index (χ0n) is 51.1. The van der Waals surface area contributed by atoms with E-state index in [1.807, 2.05) is 0 Å². The minimum atomic E-state index is -0.820. The number of rotatable bonds is 57. The molecule has 0 heterocycles. The molecule has 0 aromatic heterocycles. The molecule has 0 aliphatic carbocycles. The van der Waals surface area contributed by atoms with Gasteiger partial charge in [0.2, 0.25) is 0 Å². The molecular weight excluding hydrogens is 973 g/mol. The molecule has 0 aromatic rings. The molecule has 79 heavy (non-hydrogen) atoms. The van der Waals surface area contributed by atoms with Gasteiger partial charge in [0.15, 0.2) is 6.10 Å². The topological polar surface area (TPSA) is 78.9 Å². The summed E-state index contributed by atoms with van der Waals surface area (Å²) in [5.74, 6) is -0.978. The lowest BCUT2D eigenvalue weighted by molar-refractivity contribution is -0.167. The molecule has 0 aliphatic heterocycles. The standard InChI is InChI=1S/C73H118O6/c1-4-7-10-13-16-19-22-25-28-31-32-33-34-35-36-37-38-39-40-43-45-48-51-54-57-60-63-66-72(75)78-69-70(79-73(76)67-64-61-58-55-52-49-46-42-30-27-24-21-18-15-12-9-6-3)68-77-71(74)65-62-59-56-53-50-47-44-41-29-26-23-20-17-14-11-8-5-2/h7,9-10,12,16-21,25-30,32-33,35-36,46,49,55,58,70H,4-6,8,11,13-15,22-24,31,34,37-45,47-48,50-54,56-57,59-69H2,1-3H3/b10-7-,12-9-,19-16-,20-17-,21-18-,28-25-,29-26-,30-27-,33-32-,36-35-,49-46-,58-55-. The third kappa shape index (κ3) is 64.0. The SMILES string of the molecule is CC/C=C\C/C=C\C/C=C\C/C=C\C/C=C\CCCCCCCCCCCCCC(=O)OCC(COC(=O)CCCCCCCCC/C=C\C/C=C\CCCCC)OC(=O)CCC/C=C\C/C=C\C/C=C\C/C=C\C/C=C\CC. The summed E-state index contributed by atoms with van der Waals surface area (Å²) in [6.07, 6.45) is 94.3. The smallest absolute Gasteiger partial charge is 0.306 e. The molecule has 0 aliphatic rings. The maximum absolute atomic E-state index is 12.9. The van der Waals surface area contributed by atoms with Gasteiger partial charge < -0.3 is 14.2 Å². The van der Waals surface area contributed by atoms with Gasteiger partial charge in [-0.2, -0.15) is 0 Å². The molecule has 0 saturated heterocycles. The fourth-order valence-corrected chi connectivity index (χ4v) is 8.54. The Morgan fingerprint density at radius 1 is 0.266 bits per heavy atom. The van der Waals surface area contributed by atoms with Crippen molar-refractivity contribution in [3.8, 4) is 0 Å². The third-order valence-electron chi connectivity index (χ3n) is 13.3. The fourth-order valence-electron chi connectivity index (χ4n) is 8.54. The second-order valence-corrected chi connectivity index (χ2v) is 20.9. The molecule has 6 heteroatoms. The molecule has 0 N–H and O–H groups in total. The summed E-state index contributed by atoms with van der Waals surface area (Å²) < 4.78 is 16.9. The lowest BCUT2D eigenvalue weighted by Gasteiger charge is -2.18. The monoisotopic (exact) mass is 1090 g/mol. The van der Waals surface area contributed by atoms with E-state index >= 15 is 0 Å². The molecule has 0 saturated carbocycles. The highest BCUT2D eigenvalue weighted by Crippen LogP contribution is 2.15. The Bertz CT molecular complexity index is 1730. The summed E-state index contributed by atoms with van der Waals surface area (Å²) >= 11 is 0. The summed E-state index contributed by atoms with van der Waals surface area (Å²) in [4.78, 5) is 38.3. The minimum absolute atomic E-state index is 0.109. The van der Waals surface area contributed by atoms with Gasteiger partial charge in [0.25, 0.3) is 0 Å². The van der Waals surface area contributed by atoms with Crippen molar-refractivity contribution in [1.29, 1.82) is 0 Å². The van der Waals surface area contributed by atoms with Gasteiger partial charge in [-0.25, -0.2) is 0 Å². The lowest BCUT2D eigenvalue weighted by Crippen LogP contribution is -2.30. The molecule has 6 nitrogen and oxygen atoms in total. The van der Waals surface area contributed by atoms with Crippen LogP contribution in [0.2, 0.25) is 0 Å². The summed E-state index contributed by atoms with van der Waals surface area (Å²) in [6.45, 7) is 6.34. The second kappa shape index (κ2) is 65.8. The molecule has 0 bridgehead atoms. The van der Waals surface area contributed by atoms with Crippen LogP contribution in [0, 0.1) is 0 Å². The predicted octanol–water partition coefficient (Wildman–Crippen LogP) is 22.3. The summed E-state index contributed by atoms with van der Waals surface area (Å²) in [5, 5.41) is 0. The number of esters is 3. The van der Waals surface area contributed by atoms with E-state index in [1.54, 1.807) is 0 Å². The van der Waals surface area contributed by atoms with Crippen LogP contribution < -0.4 is 0 Å².